The van der Waals surface area contributed by atoms with Crippen LogP contribution in [0.25, 0.3) is 11.1 Å². The van der Waals surface area contributed by atoms with Gasteiger partial charge in [-0.05, 0) is 24.1 Å². The lowest BCUT2D eigenvalue weighted by Gasteiger charge is -2.25. The number of amides is 1. The maximum atomic E-state index is 13.5. The van der Waals surface area contributed by atoms with Gasteiger partial charge in [0.15, 0.2) is 0 Å². The fourth-order valence-corrected chi connectivity index (χ4v) is 3.36. The molecule has 150 valence electrons. The van der Waals surface area contributed by atoms with Crippen LogP contribution in [0.15, 0.2) is 48.5 Å². The van der Waals surface area contributed by atoms with Gasteiger partial charge in [0.05, 0.1) is 11.1 Å². The second-order valence-corrected chi connectivity index (χ2v) is 6.97. The van der Waals surface area contributed by atoms with Crippen molar-refractivity contribution in [1.82, 2.24) is 4.31 Å². The lowest BCUT2D eigenvalue weighted by Crippen LogP contribution is -2.47. The maximum absolute atomic E-state index is 13.5. The molecule has 0 saturated carbocycles. The lowest BCUT2D eigenvalue weighted by molar-refractivity contribution is -0.140. The van der Waals surface area contributed by atoms with E-state index >= 15 is 0 Å². The number of carbonyl (C=O) groups excluding carboxylic acids is 1. The molecule has 0 fully saturated rings. The van der Waals surface area contributed by atoms with E-state index in [-0.39, 0.29) is 11.1 Å². The highest BCUT2D eigenvalue weighted by atomic mass is 32.2. The third-order valence-electron chi connectivity index (χ3n) is 3.83. The molecule has 2 aromatic carbocycles. The van der Waals surface area contributed by atoms with Crippen molar-refractivity contribution < 1.29 is 40.8 Å². The van der Waals surface area contributed by atoms with E-state index in [9.17, 15) is 35.7 Å². The van der Waals surface area contributed by atoms with Gasteiger partial charge < -0.3 is 5.11 Å². The largest absolute Gasteiger partial charge is 0.480 e. The van der Waals surface area contributed by atoms with Gasteiger partial charge in [0, 0.05) is 0 Å². The predicted octanol–water partition coefficient (Wildman–Crippen LogP) is 3.09. The number of carboxylic acids is 1. The van der Waals surface area contributed by atoms with Crippen LogP contribution in [0.3, 0.4) is 0 Å². The molecule has 0 heterocycles. The summed E-state index contributed by atoms with van der Waals surface area (Å²) in [5.74, 6) is -3.65. The van der Waals surface area contributed by atoms with Gasteiger partial charge >= 0.3 is 22.4 Å². The molecule has 11 heteroatoms. The summed E-state index contributed by atoms with van der Waals surface area (Å²) < 4.78 is 72.6. The summed E-state index contributed by atoms with van der Waals surface area (Å²) in [7, 11) is -5.48. The van der Waals surface area contributed by atoms with E-state index in [4.69, 9.17) is 5.11 Å². The minimum Gasteiger partial charge on any atom is -0.480 e. The molecule has 0 unspecified atom stereocenters. The second kappa shape index (κ2) is 7.60. The van der Waals surface area contributed by atoms with Gasteiger partial charge in [-0.2, -0.15) is 25.9 Å². The second-order valence-electron chi connectivity index (χ2n) is 5.68. The average molecular weight is 417 g/mol. The molecule has 0 aliphatic carbocycles. The smallest absolute Gasteiger partial charge is 0.417 e. The SMILES string of the molecule is C[C@@H](C(=O)O)N(C(=O)c1c(-c2ccccc2)cccc1C(F)(F)F)S(=O)(=O)O. The molecule has 0 aliphatic rings. The number of halogens is 3. The van der Waals surface area contributed by atoms with Crippen molar-refractivity contribution in [3.8, 4) is 11.1 Å². The lowest BCUT2D eigenvalue weighted by atomic mass is 9.94. The van der Waals surface area contributed by atoms with Crippen LogP contribution < -0.4 is 0 Å². The van der Waals surface area contributed by atoms with Crippen LogP contribution in [0, 0.1) is 0 Å². The zero-order valence-corrected chi connectivity index (χ0v) is 15.0. The van der Waals surface area contributed by atoms with E-state index < -0.39 is 49.8 Å². The molecule has 1 atom stereocenters. The first-order valence-electron chi connectivity index (χ1n) is 7.65. The Morgan fingerprint density at radius 1 is 1.04 bits per heavy atom. The first kappa shape index (κ1) is 21.4. The molecular weight excluding hydrogens is 403 g/mol. The normalized spacial score (nSPS) is 13.0. The Balaban J connectivity index is 2.84. The van der Waals surface area contributed by atoms with Crippen LogP contribution in [-0.2, 0) is 21.3 Å². The van der Waals surface area contributed by atoms with E-state index in [0.717, 1.165) is 19.1 Å². The Bertz CT molecular complexity index is 1010. The van der Waals surface area contributed by atoms with Crippen LogP contribution in [-0.4, -0.2) is 40.3 Å². The van der Waals surface area contributed by atoms with Crippen molar-refractivity contribution >= 4 is 22.2 Å². The van der Waals surface area contributed by atoms with Crippen LogP contribution in [0.2, 0.25) is 0 Å². The Labute approximate surface area is 157 Å². The molecule has 0 aromatic heterocycles. The van der Waals surface area contributed by atoms with Crippen molar-refractivity contribution in [2.75, 3.05) is 0 Å². The first-order valence-corrected chi connectivity index (χ1v) is 9.05. The molecule has 7 nitrogen and oxygen atoms in total. The molecule has 2 aromatic rings. The summed E-state index contributed by atoms with van der Waals surface area (Å²) >= 11 is 0. The van der Waals surface area contributed by atoms with Crippen molar-refractivity contribution in [3.05, 3.63) is 59.7 Å². The molecule has 28 heavy (non-hydrogen) atoms. The van der Waals surface area contributed by atoms with Crippen LogP contribution in [0.1, 0.15) is 22.8 Å². The molecule has 0 saturated heterocycles. The van der Waals surface area contributed by atoms with E-state index in [2.05, 4.69) is 0 Å². The minimum atomic E-state index is -5.48. The monoisotopic (exact) mass is 417 g/mol. The molecule has 0 spiro atoms. The zero-order chi connectivity index (χ0) is 21.3. The third kappa shape index (κ3) is 4.31. The Morgan fingerprint density at radius 2 is 1.61 bits per heavy atom. The van der Waals surface area contributed by atoms with Gasteiger partial charge in [0.2, 0.25) is 0 Å². The molecule has 0 radical (unpaired) electrons. The van der Waals surface area contributed by atoms with Gasteiger partial charge in [-0.25, -0.2) is 4.79 Å². The number of carboxylic acid groups (broad SMARTS) is 1. The van der Waals surface area contributed by atoms with Crippen molar-refractivity contribution in [2.24, 2.45) is 0 Å². The van der Waals surface area contributed by atoms with Gasteiger partial charge in [0.1, 0.15) is 6.04 Å². The fraction of sp³-hybridized carbons (Fsp3) is 0.176. The summed E-state index contributed by atoms with van der Waals surface area (Å²) in [6, 6.07) is 7.95. The number of hydrogen-bond acceptors (Lipinski definition) is 4. The predicted molar refractivity (Wildman–Crippen MR) is 91.7 cm³/mol. The molecule has 0 bridgehead atoms. The highest BCUT2D eigenvalue weighted by Gasteiger charge is 2.42. The minimum absolute atomic E-state index is 0.162. The Hall–Kier alpha value is -2.92. The molecule has 1 amide bonds. The summed E-state index contributed by atoms with van der Waals surface area (Å²) in [5.41, 5.74) is -2.67. The summed E-state index contributed by atoms with van der Waals surface area (Å²) in [4.78, 5) is 24.0. The van der Waals surface area contributed by atoms with Crippen molar-refractivity contribution in [2.45, 2.75) is 19.1 Å². The number of hydrogen-bond donors (Lipinski definition) is 2. The zero-order valence-electron chi connectivity index (χ0n) is 14.2. The van der Waals surface area contributed by atoms with Gasteiger partial charge in [-0.1, -0.05) is 42.5 Å². The topological polar surface area (TPSA) is 112 Å². The van der Waals surface area contributed by atoms with Crippen LogP contribution in [0.5, 0.6) is 0 Å². The van der Waals surface area contributed by atoms with Crippen LogP contribution in [0.4, 0.5) is 13.2 Å². The third-order valence-corrected chi connectivity index (χ3v) is 4.81. The standard InChI is InChI=1S/C17H14F3NO6S/c1-10(16(23)24)21(28(25,26)27)15(22)14-12(11-6-3-2-4-7-11)8-5-9-13(14)17(18,19)20/h2-10H,1H3,(H,23,24)(H,25,26,27)/t10-/m0/s1. The highest BCUT2D eigenvalue weighted by Crippen LogP contribution is 2.38. The highest BCUT2D eigenvalue weighted by molar-refractivity contribution is 7.84. The van der Waals surface area contributed by atoms with E-state index in [1.54, 1.807) is 6.07 Å². The number of aliphatic carboxylic acids is 1. The molecule has 0 aliphatic heterocycles. The molecular formula is C17H14F3NO6S. The Morgan fingerprint density at radius 3 is 2.07 bits per heavy atom. The quantitative estimate of drug-likeness (QED) is 0.723. The number of benzene rings is 2. The molecule has 2 N–H and O–H groups in total. The number of carbonyl (C=O) groups is 2. The van der Waals surface area contributed by atoms with Gasteiger partial charge in [-0.3, -0.25) is 9.35 Å². The number of alkyl halides is 3. The number of nitrogens with zero attached hydrogens (tertiary/aromatic N) is 1. The summed E-state index contributed by atoms with van der Waals surface area (Å²) in [6.45, 7) is 0.742. The molecule has 2 rings (SSSR count). The number of rotatable bonds is 5. The van der Waals surface area contributed by atoms with Gasteiger partial charge in [-0.15, -0.1) is 0 Å². The first-order chi connectivity index (χ1) is 12.9. The van der Waals surface area contributed by atoms with E-state index in [1.165, 1.54) is 24.3 Å². The van der Waals surface area contributed by atoms with E-state index in [0.29, 0.717) is 6.07 Å². The maximum Gasteiger partial charge on any atom is 0.417 e. The van der Waals surface area contributed by atoms with E-state index in [1.807, 2.05) is 0 Å². The van der Waals surface area contributed by atoms with Crippen molar-refractivity contribution in [3.63, 3.8) is 0 Å². The summed E-state index contributed by atoms with van der Waals surface area (Å²) in [6.07, 6.45) is -5.05. The Kier molecular flexibility index (Phi) is 5.80. The average Bonchev–Trinajstić information content (AvgIpc) is 2.59. The van der Waals surface area contributed by atoms with Crippen molar-refractivity contribution in [1.29, 1.82) is 0 Å². The van der Waals surface area contributed by atoms with Crippen LogP contribution >= 0.6 is 0 Å². The van der Waals surface area contributed by atoms with Gasteiger partial charge in [0.25, 0.3) is 5.91 Å². The fourth-order valence-electron chi connectivity index (χ4n) is 2.57. The summed E-state index contributed by atoms with van der Waals surface area (Å²) in [5, 5.41) is 9.04.